The van der Waals surface area contributed by atoms with Crippen LogP contribution >= 0.6 is 0 Å². The molecule has 1 aliphatic heterocycles. The van der Waals surface area contributed by atoms with Crippen LogP contribution in [-0.2, 0) is 16.0 Å². The number of methoxy groups -OCH3 is 3. The van der Waals surface area contributed by atoms with Gasteiger partial charge in [-0.05, 0) is 66.8 Å². The quantitative estimate of drug-likeness (QED) is 0.143. The standard InChI is InChI=1S/C33H40N2O6/c1-6-7-8-9-10-11-18-41-29-15-13-25(21-31(29)40-5)19-26-23(2)27(22-34)33(37)35(32(26)36)17-16-24-12-14-28(38-3)30(20-24)39-4/h12-15,19-21H,6-11,16-18H2,1-5H3/b26-19+. The largest absolute Gasteiger partial charge is 0.493 e. The predicted molar refractivity (Wildman–Crippen MR) is 158 cm³/mol. The van der Waals surface area contributed by atoms with Crippen molar-refractivity contribution in [3.63, 3.8) is 0 Å². The van der Waals surface area contributed by atoms with Gasteiger partial charge in [0.25, 0.3) is 11.8 Å². The summed E-state index contributed by atoms with van der Waals surface area (Å²) in [6, 6.07) is 12.9. The van der Waals surface area contributed by atoms with Crippen LogP contribution in [0.3, 0.4) is 0 Å². The van der Waals surface area contributed by atoms with E-state index >= 15 is 0 Å². The number of ether oxygens (including phenoxy) is 4. The summed E-state index contributed by atoms with van der Waals surface area (Å²) < 4.78 is 22.2. The van der Waals surface area contributed by atoms with E-state index in [4.69, 9.17) is 18.9 Å². The summed E-state index contributed by atoms with van der Waals surface area (Å²) >= 11 is 0. The number of imide groups is 1. The number of rotatable bonds is 15. The Morgan fingerprint density at radius 1 is 0.829 bits per heavy atom. The number of benzene rings is 2. The van der Waals surface area contributed by atoms with Gasteiger partial charge >= 0.3 is 0 Å². The van der Waals surface area contributed by atoms with Crippen molar-refractivity contribution >= 4 is 17.9 Å². The van der Waals surface area contributed by atoms with Crippen molar-refractivity contribution in [2.24, 2.45) is 0 Å². The fourth-order valence-corrected chi connectivity index (χ4v) is 4.73. The highest BCUT2D eigenvalue weighted by Gasteiger charge is 2.35. The lowest BCUT2D eigenvalue weighted by Gasteiger charge is -2.27. The van der Waals surface area contributed by atoms with Crippen molar-refractivity contribution in [3.05, 3.63) is 64.2 Å². The maximum atomic E-state index is 13.5. The summed E-state index contributed by atoms with van der Waals surface area (Å²) in [7, 11) is 4.68. The van der Waals surface area contributed by atoms with Gasteiger partial charge in [-0.1, -0.05) is 51.2 Å². The summed E-state index contributed by atoms with van der Waals surface area (Å²) in [5, 5.41) is 9.75. The van der Waals surface area contributed by atoms with Crippen molar-refractivity contribution < 1.29 is 28.5 Å². The molecule has 0 aromatic heterocycles. The Hall–Kier alpha value is -4.25. The minimum Gasteiger partial charge on any atom is -0.493 e. The number of amides is 2. The molecule has 1 aliphatic rings. The number of hydrogen-bond donors (Lipinski definition) is 0. The summed E-state index contributed by atoms with van der Waals surface area (Å²) in [6.07, 6.45) is 9.13. The van der Waals surface area contributed by atoms with Crippen LogP contribution in [-0.4, -0.2) is 51.2 Å². The molecule has 8 nitrogen and oxygen atoms in total. The van der Waals surface area contributed by atoms with Gasteiger partial charge in [0.1, 0.15) is 11.6 Å². The van der Waals surface area contributed by atoms with Crippen LogP contribution in [0.4, 0.5) is 0 Å². The molecule has 3 rings (SSSR count). The number of unbranched alkanes of at least 4 members (excludes halogenated alkanes) is 5. The average Bonchev–Trinajstić information content (AvgIpc) is 2.99. The van der Waals surface area contributed by atoms with Crippen molar-refractivity contribution in [3.8, 4) is 29.1 Å². The Kier molecular flexibility index (Phi) is 11.8. The molecule has 1 heterocycles. The number of nitriles is 1. The number of carbonyl (C=O) groups is 2. The van der Waals surface area contributed by atoms with Crippen LogP contribution in [0.15, 0.2) is 53.1 Å². The van der Waals surface area contributed by atoms with Crippen LogP contribution in [0.1, 0.15) is 63.5 Å². The van der Waals surface area contributed by atoms with Crippen LogP contribution in [0, 0.1) is 11.3 Å². The maximum Gasteiger partial charge on any atom is 0.271 e. The molecule has 41 heavy (non-hydrogen) atoms. The zero-order valence-electron chi connectivity index (χ0n) is 24.7. The van der Waals surface area contributed by atoms with Gasteiger partial charge in [-0.15, -0.1) is 0 Å². The summed E-state index contributed by atoms with van der Waals surface area (Å²) in [6.45, 7) is 4.54. The first kappa shape index (κ1) is 31.3. The molecule has 0 unspecified atom stereocenters. The van der Waals surface area contributed by atoms with Gasteiger partial charge in [-0.25, -0.2) is 0 Å². The van der Waals surface area contributed by atoms with Gasteiger partial charge in [0.15, 0.2) is 23.0 Å². The Balaban J connectivity index is 1.78. The first-order chi connectivity index (χ1) is 19.9. The van der Waals surface area contributed by atoms with E-state index in [2.05, 4.69) is 6.92 Å². The molecule has 8 heteroatoms. The lowest BCUT2D eigenvalue weighted by Crippen LogP contribution is -2.43. The zero-order valence-corrected chi connectivity index (χ0v) is 24.7. The van der Waals surface area contributed by atoms with E-state index < -0.39 is 11.8 Å². The van der Waals surface area contributed by atoms with E-state index in [0.717, 1.165) is 23.3 Å². The van der Waals surface area contributed by atoms with Crippen LogP contribution < -0.4 is 18.9 Å². The molecule has 0 saturated heterocycles. The zero-order chi connectivity index (χ0) is 29.8. The molecule has 0 aliphatic carbocycles. The molecular formula is C33H40N2O6. The average molecular weight is 561 g/mol. The Labute approximate surface area is 243 Å². The molecule has 2 aromatic carbocycles. The third-order valence-electron chi connectivity index (χ3n) is 7.15. The van der Waals surface area contributed by atoms with Crippen LogP contribution in [0.25, 0.3) is 6.08 Å². The first-order valence-electron chi connectivity index (χ1n) is 14.1. The van der Waals surface area contributed by atoms with Gasteiger partial charge in [0, 0.05) is 12.1 Å². The van der Waals surface area contributed by atoms with E-state index in [0.29, 0.717) is 47.2 Å². The van der Waals surface area contributed by atoms with Gasteiger partial charge in [0.05, 0.1) is 27.9 Å². The molecule has 0 bridgehead atoms. The monoisotopic (exact) mass is 560 g/mol. The van der Waals surface area contributed by atoms with Gasteiger partial charge in [-0.2, -0.15) is 5.26 Å². The highest BCUT2D eigenvalue weighted by Crippen LogP contribution is 2.32. The number of hydrogen-bond acceptors (Lipinski definition) is 7. The molecule has 2 amide bonds. The topological polar surface area (TPSA) is 98.1 Å². The normalized spacial score (nSPS) is 14.3. The third kappa shape index (κ3) is 7.91. The van der Waals surface area contributed by atoms with E-state index in [9.17, 15) is 14.9 Å². The molecule has 0 saturated carbocycles. The molecule has 0 N–H and O–H groups in total. The summed E-state index contributed by atoms with van der Waals surface area (Å²) in [5.41, 5.74) is 2.15. The number of nitrogens with zero attached hydrogens (tertiary/aromatic N) is 2. The molecule has 2 aromatic rings. The Bertz CT molecular complexity index is 1340. The van der Waals surface area contributed by atoms with Crippen LogP contribution in [0.5, 0.6) is 23.0 Å². The fourth-order valence-electron chi connectivity index (χ4n) is 4.73. The predicted octanol–water partition coefficient (Wildman–Crippen LogP) is 6.29. The highest BCUT2D eigenvalue weighted by atomic mass is 16.5. The smallest absolute Gasteiger partial charge is 0.271 e. The molecule has 0 spiro atoms. The lowest BCUT2D eigenvalue weighted by molar-refractivity contribution is -0.140. The first-order valence-corrected chi connectivity index (χ1v) is 14.1. The van der Waals surface area contributed by atoms with E-state index in [-0.39, 0.29) is 17.7 Å². The van der Waals surface area contributed by atoms with Gasteiger partial charge < -0.3 is 18.9 Å². The van der Waals surface area contributed by atoms with Gasteiger partial charge in [0.2, 0.25) is 0 Å². The molecule has 0 fully saturated rings. The molecule has 0 radical (unpaired) electrons. The van der Waals surface area contributed by atoms with E-state index in [1.165, 1.54) is 25.7 Å². The minimum atomic E-state index is -0.594. The maximum absolute atomic E-state index is 13.5. The van der Waals surface area contributed by atoms with E-state index in [1.807, 2.05) is 30.3 Å². The van der Waals surface area contributed by atoms with Crippen LogP contribution in [0.2, 0.25) is 0 Å². The van der Waals surface area contributed by atoms with Crippen molar-refractivity contribution in [2.45, 2.75) is 58.8 Å². The summed E-state index contributed by atoms with van der Waals surface area (Å²) in [5.74, 6) is 1.29. The van der Waals surface area contributed by atoms with E-state index in [1.54, 1.807) is 46.5 Å². The van der Waals surface area contributed by atoms with Crippen molar-refractivity contribution in [1.82, 2.24) is 4.90 Å². The second-order valence-corrected chi connectivity index (χ2v) is 9.90. The summed E-state index contributed by atoms with van der Waals surface area (Å²) in [4.78, 5) is 27.7. The van der Waals surface area contributed by atoms with Gasteiger partial charge in [-0.3, -0.25) is 14.5 Å². The fraction of sp³-hybridized carbons (Fsp3) is 0.424. The molecular weight excluding hydrogens is 520 g/mol. The minimum absolute atomic E-state index is 0.0472. The lowest BCUT2D eigenvalue weighted by atomic mass is 9.93. The third-order valence-corrected chi connectivity index (χ3v) is 7.15. The SMILES string of the molecule is CCCCCCCCOc1ccc(/C=C2/C(=O)N(CCc3ccc(OC)c(OC)c3)C(=O)C(C#N)=C2C)cc1OC. The Morgan fingerprint density at radius 3 is 2.17 bits per heavy atom. The Morgan fingerprint density at radius 2 is 1.49 bits per heavy atom. The number of carbonyl (C=O) groups excluding carboxylic acids is 2. The molecule has 218 valence electrons. The van der Waals surface area contributed by atoms with Crippen molar-refractivity contribution in [2.75, 3.05) is 34.5 Å². The second-order valence-electron chi connectivity index (χ2n) is 9.90. The highest BCUT2D eigenvalue weighted by molar-refractivity contribution is 6.19. The van der Waals surface area contributed by atoms with Crippen molar-refractivity contribution in [1.29, 1.82) is 5.26 Å². The second kappa shape index (κ2) is 15.5. The molecule has 0 atom stereocenters.